The molecule has 1 heterocycles. The molecule has 21 heavy (non-hydrogen) atoms. The van der Waals surface area contributed by atoms with E-state index in [1.807, 2.05) is 0 Å². The number of benzene rings is 1. The maximum absolute atomic E-state index is 13.6. The summed E-state index contributed by atoms with van der Waals surface area (Å²) in [6.45, 7) is -0.0963. The molecule has 0 fully saturated rings. The van der Waals surface area contributed by atoms with Crippen molar-refractivity contribution in [1.29, 1.82) is 0 Å². The van der Waals surface area contributed by atoms with Crippen molar-refractivity contribution >= 4 is 31.8 Å². The van der Waals surface area contributed by atoms with Gasteiger partial charge >= 0.3 is 0 Å². The molecular weight excluding hydrogens is 361 g/mol. The van der Waals surface area contributed by atoms with Gasteiger partial charge in [-0.15, -0.1) is 0 Å². The Bertz CT molecular complexity index is 768. The minimum atomic E-state index is -3.86. The zero-order chi connectivity index (χ0) is 15.6. The van der Waals surface area contributed by atoms with E-state index in [0.29, 0.717) is 4.47 Å². The zero-order valence-electron chi connectivity index (χ0n) is 11.1. The molecule has 0 saturated heterocycles. The molecule has 8 heteroatoms. The number of sulfonamides is 1. The van der Waals surface area contributed by atoms with Crippen LogP contribution in [-0.2, 0) is 16.6 Å². The summed E-state index contributed by atoms with van der Waals surface area (Å²) in [5.41, 5.74) is 5.91. The van der Waals surface area contributed by atoms with E-state index in [9.17, 15) is 12.8 Å². The van der Waals surface area contributed by atoms with E-state index in [1.165, 1.54) is 31.4 Å². The van der Waals surface area contributed by atoms with Crippen molar-refractivity contribution < 1.29 is 12.8 Å². The second kappa shape index (κ2) is 6.08. The number of aromatic nitrogens is 1. The predicted molar refractivity (Wildman–Crippen MR) is 81.4 cm³/mol. The van der Waals surface area contributed by atoms with Crippen LogP contribution in [0.1, 0.15) is 5.56 Å². The van der Waals surface area contributed by atoms with Crippen LogP contribution in [0, 0.1) is 5.82 Å². The lowest BCUT2D eigenvalue weighted by molar-refractivity contribution is 0.456. The van der Waals surface area contributed by atoms with E-state index >= 15 is 0 Å². The lowest BCUT2D eigenvalue weighted by Crippen LogP contribution is -2.27. The Kier molecular flexibility index (Phi) is 4.60. The summed E-state index contributed by atoms with van der Waals surface area (Å²) in [6.07, 6.45) is 1.41. The lowest BCUT2D eigenvalue weighted by Gasteiger charge is -2.18. The summed E-state index contributed by atoms with van der Waals surface area (Å²) in [6, 6.07) is 7.38. The van der Waals surface area contributed by atoms with Crippen LogP contribution in [0.15, 0.2) is 45.9 Å². The van der Waals surface area contributed by atoms with Crippen molar-refractivity contribution in [2.75, 3.05) is 12.8 Å². The molecule has 2 rings (SSSR count). The topological polar surface area (TPSA) is 76.3 Å². The second-order valence-corrected chi connectivity index (χ2v) is 7.32. The maximum atomic E-state index is 13.6. The van der Waals surface area contributed by atoms with E-state index in [-0.39, 0.29) is 22.8 Å². The van der Waals surface area contributed by atoms with E-state index < -0.39 is 15.8 Å². The van der Waals surface area contributed by atoms with Gasteiger partial charge in [-0.05, 0) is 28.1 Å². The van der Waals surface area contributed by atoms with E-state index in [4.69, 9.17) is 5.73 Å². The number of anilines is 1. The highest BCUT2D eigenvalue weighted by Gasteiger charge is 2.25. The molecule has 0 saturated carbocycles. The van der Waals surface area contributed by atoms with Gasteiger partial charge in [0.15, 0.2) is 0 Å². The Hall–Kier alpha value is -1.51. The minimum absolute atomic E-state index is 0.0963. The smallest absolute Gasteiger partial charge is 0.246 e. The van der Waals surface area contributed by atoms with Gasteiger partial charge in [-0.3, -0.25) is 0 Å². The largest absolute Gasteiger partial charge is 0.383 e. The third-order valence-corrected chi connectivity index (χ3v) is 5.15. The molecule has 5 nitrogen and oxygen atoms in total. The Morgan fingerprint density at radius 2 is 2.05 bits per heavy atom. The molecule has 0 aliphatic rings. The van der Waals surface area contributed by atoms with Gasteiger partial charge in [0.25, 0.3) is 0 Å². The number of hydrogen-bond donors (Lipinski definition) is 1. The Morgan fingerprint density at radius 1 is 1.38 bits per heavy atom. The van der Waals surface area contributed by atoms with Crippen LogP contribution in [0.2, 0.25) is 0 Å². The molecule has 2 aromatic rings. The third-order valence-electron chi connectivity index (χ3n) is 2.89. The van der Waals surface area contributed by atoms with Gasteiger partial charge in [0.2, 0.25) is 10.0 Å². The van der Waals surface area contributed by atoms with E-state index in [2.05, 4.69) is 20.9 Å². The number of nitrogens with two attached hydrogens (primary N) is 1. The fourth-order valence-electron chi connectivity index (χ4n) is 1.76. The van der Waals surface area contributed by atoms with Crippen LogP contribution >= 0.6 is 15.9 Å². The van der Waals surface area contributed by atoms with Gasteiger partial charge in [-0.25, -0.2) is 17.8 Å². The number of nitrogen functional groups attached to an aromatic ring is 1. The number of pyridine rings is 1. The average Bonchev–Trinajstić information content (AvgIpc) is 2.43. The first-order valence-electron chi connectivity index (χ1n) is 5.93. The Morgan fingerprint density at radius 3 is 2.71 bits per heavy atom. The van der Waals surface area contributed by atoms with Crippen LogP contribution in [0.5, 0.6) is 0 Å². The molecule has 0 radical (unpaired) electrons. The van der Waals surface area contributed by atoms with Crippen LogP contribution in [0.3, 0.4) is 0 Å². The zero-order valence-corrected chi connectivity index (χ0v) is 13.5. The molecule has 0 atom stereocenters. The van der Waals surface area contributed by atoms with Crippen molar-refractivity contribution in [3.63, 3.8) is 0 Å². The van der Waals surface area contributed by atoms with Gasteiger partial charge in [0.05, 0.1) is 0 Å². The summed E-state index contributed by atoms with van der Waals surface area (Å²) in [7, 11) is -2.49. The quantitative estimate of drug-likeness (QED) is 0.892. The number of halogens is 2. The SMILES string of the molecule is CN(Cc1ccccc1F)S(=O)(=O)c1cc(Br)cnc1N. The lowest BCUT2D eigenvalue weighted by atomic mass is 10.2. The average molecular weight is 374 g/mol. The molecule has 0 unspecified atom stereocenters. The van der Waals surface area contributed by atoms with Gasteiger partial charge in [-0.1, -0.05) is 18.2 Å². The van der Waals surface area contributed by atoms with Crippen molar-refractivity contribution in [3.8, 4) is 0 Å². The minimum Gasteiger partial charge on any atom is -0.383 e. The highest BCUT2D eigenvalue weighted by molar-refractivity contribution is 9.10. The molecular formula is C13H13BrFN3O2S. The molecule has 0 bridgehead atoms. The Balaban J connectivity index is 2.35. The molecule has 0 aliphatic heterocycles. The highest BCUT2D eigenvalue weighted by atomic mass is 79.9. The van der Waals surface area contributed by atoms with Crippen molar-refractivity contribution in [1.82, 2.24) is 9.29 Å². The van der Waals surface area contributed by atoms with E-state index in [0.717, 1.165) is 4.31 Å². The standard InChI is InChI=1S/C13H13BrFN3O2S/c1-18(8-9-4-2-3-5-11(9)15)21(19,20)12-6-10(14)7-17-13(12)16/h2-7H,8H2,1H3,(H2,16,17). The normalized spacial score (nSPS) is 11.8. The molecule has 0 aliphatic carbocycles. The van der Waals surface area contributed by atoms with Gasteiger partial charge in [0, 0.05) is 29.8 Å². The first-order chi connectivity index (χ1) is 9.82. The van der Waals surface area contributed by atoms with E-state index in [1.54, 1.807) is 12.1 Å². The molecule has 0 amide bonds. The number of rotatable bonds is 4. The fourth-order valence-corrected chi connectivity index (χ4v) is 3.48. The third kappa shape index (κ3) is 3.39. The molecule has 2 N–H and O–H groups in total. The van der Waals surface area contributed by atoms with Crippen LogP contribution in [-0.4, -0.2) is 24.8 Å². The van der Waals surface area contributed by atoms with Crippen molar-refractivity contribution in [2.45, 2.75) is 11.4 Å². The highest BCUT2D eigenvalue weighted by Crippen LogP contribution is 2.24. The first kappa shape index (κ1) is 15.9. The number of nitrogens with zero attached hydrogens (tertiary/aromatic N) is 2. The fraction of sp³-hybridized carbons (Fsp3) is 0.154. The van der Waals surface area contributed by atoms with Crippen LogP contribution < -0.4 is 5.73 Å². The second-order valence-electron chi connectivity index (χ2n) is 4.39. The monoisotopic (exact) mass is 373 g/mol. The number of hydrogen-bond acceptors (Lipinski definition) is 4. The van der Waals surface area contributed by atoms with Gasteiger partial charge in [-0.2, -0.15) is 4.31 Å². The van der Waals surface area contributed by atoms with Crippen LogP contribution in [0.25, 0.3) is 0 Å². The maximum Gasteiger partial charge on any atom is 0.246 e. The predicted octanol–water partition coefficient (Wildman–Crippen LogP) is 2.39. The Labute approximate surface area is 130 Å². The van der Waals surface area contributed by atoms with Crippen molar-refractivity contribution in [2.24, 2.45) is 0 Å². The summed E-state index contributed by atoms with van der Waals surface area (Å²) in [5, 5.41) is 0. The van der Waals surface area contributed by atoms with Gasteiger partial charge in [0.1, 0.15) is 16.5 Å². The first-order valence-corrected chi connectivity index (χ1v) is 8.16. The summed E-state index contributed by atoms with van der Waals surface area (Å²) in [5.74, 6) is -0.557. The van der Waals surface area contributed by atoms with Gasteiger partial charge < -0.3 is 5.73 Å². The molecule has 0 spiro atoms. The van der Waals surface area contributed by atoms with Crippen molar-refractivity contribution in [3.05, 3.63) is 52.4 Å². The molecule has 1 aromatic heterocycles. The summed E-state index contributed by atoms with van der Waals surface area (Å²) >= 11 is 3.16. The summed E-state index contributed by atoms with van der Waals surface area (Å²) in [4.78, 5) is 3.69. The van der Waals surface area contributed by atoms with Crippen LogP contribution in [0.4, 0.5) is 10.2 Å². The molecule has 112 valence electrons. The summed E-state index contributed by atoms with van der Waals surface area (Å²) < 4.78 is 40.1. The molecule has 1 aromatic carbocycles.